The molecule has 24 heavy (non-hydrogen) atoms. The second kappa shape index (κ2) is 7.85. The summed E-state index contributed by atoms with van der Waals surface area (Å²) >= 11 is -0.833. The van der Waals surface area contributed by atoms with Crippen LogP contribution in [-0.2, 0) is 28.3 Å². The summed E-state index contributed by atoms with van der Waals surface area (Å²) in [6.45, 7) is 7.14. The van der Waals surface area contributed by atoms with E-state index in [1.807, 2.05) is 0 Å². The lowest BCUT2D eigenvalue weighted by Gasteiger charge is -2.16. The van der Waals surface area contributed by atoms with E-state index in [4.69, 9.17) is 4.74 Å². The third-order valence-electron chi connectivity index (χ3n) is 3.42. The third-order valence-corrected chi connectivity index (χ3v) is 6.61. The average Bonchev–Trinajstić information content (AvgIpc) is 2.77. The average molecular weight is 487 g/mol. The topological polar surface area (TPSA) is 67.2 Å². The monoisotopic (exact) mass is 487 g/mol. The summed E-state index contributed by atoms with van der Waals surface area (Å²) in [5.74, 6) is -1.75. The molecule has 0 aliphatic heterocycles. The molecular formula is C14H18F2IN2O3SSi-. The maximum atomic E-state index is 14.2. The molecule has 1 atom stereocenters. The summed E-state index contributed by atoms with van der Waals surface area (Å²) in [5, 5.41) is 0. The SMILES string of the molecule is C[Si](C)(C)CCOCn1c(CS(=O)[O-])nc2c(F)c(I)c(F)cc21. The van der Waals surface area contributed by atoms with E-state index in [1.165, 1.54) is 4.57 Å². The van der Waals surface area contributed by atoms with Crippen LogP contribution in [0, 0.1) is 15.2 Å². The molecule has 1 aromatic carbocycles. The molecule has 2 aromatic rings. The van der Waals surface area contributed by atoms with Crippen LogP contribution in [0.5, 0.6) is 0 Å². The van der Waals surface area contributed by atoms with Gasteiger partial charge in [0.25, 0.3) is 0 Å². The number of hydrogen-bond donors (Lipinski definition) is 0. The summed E-state index contributed by atoms with van der Waals surface area (Å²) in [7, 11) is -1.27. The van der Waals surface area contributed by atoms with Crippen LogP contribution in [0.3, 0.4) is 0 Å². The van der Waals surface area contributed by atoms with Gasteiger partial charge in [0, 0.05) is 20.7 Å². The molecule has 10 heteroatoms. The molecule has 0 saturated heterocycles. The highest BCUT2D eigenvalue weighted by atomic mass is 127. The van der Waals surface area contributed by atoms with Gasteiger partial charge in [0.15, 0.2) is 5.82 Å². The minimum absolute atomic E-state index is 0.00693. The van der Waals surface area contributed by atoms with Crippen LogP contribution in [0.1, 0.15) is 5.82 Å². The van der Waals surface area contributed by atoms with Gasteiger partial charge in [-0.1, -0.05) is 19.6 Å². The van der Waals surface area contributed by atoms with Crippen LogP contribution < -0.4 is 0 Å². The Kier molecular flexibility index (Phi) is 6.50. The van der Waals surface area contributed by atoms with Gasteiger partial charge in [-0.15, -0.1) is 0 Å². The van der Waals surface area contributed by atoms with Crippen LogP contribution in [0.2, 0.25) is 25.7 Å². The Morgan fingerprint density at radius 2 is 2.08 bits per heavy atom. The van der Waals surface area contributed by atoms with E-state index in [0.717, 1.165) is 12.1 Å². The van der Waals surface area contributed by atoms with Crippen molar-refractivity contribution in [2.24, 2.45) is 0 Å². The van der Waals surface area contributed by atoms with E-state index < -0.39 is 30.8 Å². The number of nitrogens with zero attached hydrogens (tertiary/aromatic N) is 2. The van der Waals surface area contributed by atoms with Crippen molar-refractivity contribution >= 4 is 52.8 Å². The maximum Gasteiger partial charge on any atom is 0.167 e. The first-order chi connectivity index (χ1) is 11.1. The minimum atomic E-state index is -2.39. The molecule has 0 bridgehead atoms. The van der Waals surface area contributed by atoms with Crippen LogP contribution >= 0.6 is 22.6 Å². The zero-order valence-electron chi connectivity index (χ0n) is 13.6. The molecular weight excluding hydrogens is 469 g/mol. The molecule has 0 aliphatic rings. The van der Waals surface area contributed by atoms with E-state index in [9.17, 15) is 17.5 Å². The highest BCUT2D eigenvalue weighted by molar-refractivity contribution is 14.1. The van der Waals surface area contributed by atoms with Crippen molar-refractivity contribution < 1.29 is 22.3 Å². The van der Waals surface area contributed by atoms with Crippen molar-refractivity contribution in [1.82, 2.24) is 9.55 Å². The zero-order valence-corrected chi connectivity index (χ0v) is 17.5. The van der Waals surface area contributed by atoms with E-state index in [0.29, 0.717) is 6.61 Å². The van der Waals surface area contributed by atoms with Gasteiger partial charge in [-0.3, -0.25) is 4.21 Å². The van der Waals surface area contributed by atoms with Gasteiger partial charge in [-0.25, -0.2) is 13.8 Å². The Morgan fingerprint density at radius 3 is 2.67 bits per heavy atom. The molecule has 2 rings (SSSR count). The van der Waals surface area contributed by atoms with Gasteiger partial charge >= 0.3 is 0 Å². The van der Waals surface area contributed by atoms with Crippen molar-refractivity contribution in [1.29, 1.82) is 0 Å². The van der Waals surface area contributed by atoms with Gasteiger partial charge in [-0.2, -0.15) is 0 Å². The highest BCUT2D eigenvalue weighted by Gasteiger charge is 2.20. The normalized spacial score (nSPS) is 13.6. The van der Waals surface area contributed by atoms with Crippen LogP contribution in [-0.4, -0.2) is 33.0 Å². The van der Waals surface area contributed by atoms with E-state index in [-0.39, 0.29) is 32.9 Å². The zero-order chi connectivity index (χ0) is 18.1. The number of fused-ring (bicyclic) bond motifs is 1. The van der Waals surface area contributed by atoms with Crippen molar-refractivity contribution in [3.05, 3.63) is 27.1 Å². The molecule has 0 spiro atoms. The first kappa shape index (κ1) is 19.9. The van der Waals surface area contributed by atoms with Gasteiger partial charge in [-0.05, 0) is 39.7 Å². The highest BCUT2D eigenvalue weighted by Crippen LogP contribution is 2.26. The molecule has 1 aromatic heterocycles. The summed E-state index contributed by atoms with van der Waals surface area (Å²) < 4.78 is 57.0. The minimum Gasteiger partial charge on any atom is -0.772 e. The quantitative estimate of drug-likeness (QED) is 0.197. The summed E-state index contributed by atoms with van der Waals surface area (Å²) in [4.78, 5) is 4.03. The van der Waals surface area contributed by atoms with Gasteiger partial charge < -0.3 is 13.9 Å². The molecule has 0 N–H and O–H groups in total. The van der Waals surface area contributed by atoms with E-state index >= 15 is 0 Å². The number of aromatic nitrogens is 2. The van der Waals surface area contributed by atoms with Crippen LogP contribution in [0.25, 0.3) is 11.0 Å². The van der Waals surface area contributed by atoms with E-state index in [2.05, 4.69) is 24.6 Å². The van der Waals surface area contributed by atoms with E-state index in [1.54, 1.807) is 22.6 Å². The fourth-order valence-electron chi connectivity index (χ4n) is 2.11. The molecule has 1 unspecified atom stereocenters. The number of rotatable bonds is 7. The van der Waals surface area contributed by atoms with Crippen molar-refractivity contribution in [3.63, 3.8) is 0 Å². The number of hydrogen-bond acceptors (Lipinski definition) is 4. The lowest BCUT2D eigenvalue weighted by atomic mass is 10.3. The molecule has 0 radical (unpaired) electrons. The molecule has 1 heterocycles. The summed E-state index contributed by atoms with van der Waals surface area (Å²) in [6.07, 6.45) is 0. The van der Waals surface area contributed by atoms with Crippen LogP contribution in [0.4, 0.5) is 8.78 Å². The lowest BCUT2D eigenvalue weighted by molar-refractivity contribution is 0.0883. The molecule has 134 valence electrons. The first-order valence-electron chi connectivity index (χ1n) is 7.26. The molecule has 0 saturated carbocycles. The van der Waals surface area contributed by atoms with Crippen molar-refractivity contribution in [2.75, 3.05) is 6.61 Å². The fraction of sp³-hybridized carbons (Fsp3) is 0.500. The lowest BCUT2D eigenvalue weighted by Crippen LogP contribution is -2.22. The number of benzene rings is 1. The Labute approximate surface area is 156 Å². The second-order valence-corrected chi connectivity index (χ2v) is 14.2. The van der Waals surface area contributed by atoms with Gasteiger partial charge in [0.2, 0.25) is 0 Å². The smallest absolute Gasteiger partial charge is 0.167 e. The second-order valence-electron chi connectivity index (χ2n) is 6.61. The maximum absolute atomic E-state index is 14.2. The predicted molar refractivity (Wildman–Crippen MR) is 99.1 cm³/mol. The van der Waals surface area contributed by atoms with Crippen molar-refractivity contribution in [3.8, 4) is 0 Å². The molecule has 0 fully saturated rings. The Hall–Kier alpha value is -0.433. The van der Waals surface area contributed by atoms with Crippen LogP contribution in [0.15, 0.2) is 6.07 Å². The summed E-state index contributed by atoms with van der Waals surface area (Å²) in [5.41, 5.74) is 0.147. The standard InChI is InChI=1S/C14H19F2IN2O3SSi/c1-24(2,3)5-4-22-8-19-10-6-9(15)13(17)12(16)14(10)18-11(19)7-23(20)21/h6H,4-5,7-8H2,1-3H3,(H,20,21)/p-1. The number of ether oxygens (including phenoxy) is 1. The first-order valence-corrected chi connectivity index (χ1v) is 13.3. The Bertz CT molecular complexity index is 780. The van der Waals surface area contributed by atoms with Gasteiger partial charge in [0.05, 0.1) is 14.8 Å². The van der Waals surface area contributed by atoms with Crippen molar-refractivity contribution in [2.45, 2.75) is 38.2 Å². The van der Waals surface area contributed by atoms with Gasteiger partial charge in [0.1, 0.15) is 23.9 Å². The predicted octanol–water partition coefficient (Wildman–Crippen LogP) is 3.61. The molecule has 5 nitrogen and oxygen atoms in total. The number of halogens is 3. The third kappa shape index (κ3) is 4.81. The Balaban J connectivity index is 2.35. The Morgan fingerprint density at radius 1 is 1.42 bits per heavy atom. The molecule has 0 aliphatic carbocycles. The summed E-state index contributed by atoms with van der Waals surface area (Å²) in [6, 6.07) is 2.09. The number of imidazole rings is 1. The fourth-order valence-corrected chi connectivity index (χ4v) is 3.71. The molecule has 0 amide bonds. The largest absolute Gasteiger partial charge is 0.772 e.